The Bertz CT molecular complexity index is 748. The molecule has 2 aromatic heterocycles. The van der Waals surface area contributed by atoms with Gasteiger partial charge >= 0.3 is 0 Å². The van der Waals surface area contributed by atoms with Gasteiger partial charge in [-0.25, -0.2) is 9.97 Å². The van der Waals surface area contributed by atoms with Crippen LogP contribution in [0.3, 0.4) is 0 Å². The Hall–Kier alpha value is -1.53. The quantitative estimate of drug-likeness (QED) is 0.737. The molecule has 0 unspecified atom stereocenters. The van der Waals surface area contributed by atoms with Crippen LogP contribution in [0.2, 0.25) is 0 Å². The number of nitrogens with one attached hydrogen (secondary N) is 1. The lowest BCUT2D eigenvalue weighted by atomic mass is 10.3. The van der Waals surface area contributed by atoms with Gasteiger partial charge in [0, 0.05) is 10.7 Å². The van der Waals surface area contributed by atoms with Crippen molar-refractivity contribution in [3.63, 3.8) is 0 Å². The van der Waals surface area contributed by atoms with Crippen LogP contribution in [0.15, 0.2) is 41.3 Å². The zero-order chi connectivity index (χ0) is 12.5. The van der Waals surface area contributed by atoms with Gasteiger partial charge in [0.25, 0.3) is 0 Å². The molecule has 1 N–H and O–H groups in total. The topological polar surface area (TPSA) is 46.5 Å². The van der Waals surface area contributed by atoms with Crippen LogP contribution < -0.4 is 0 Å². The minimum Gasteiger partial charge on any atom is -0.331 e. The number of aromatic amines is 1. The van der Waals surface area contributed by atoms with Gasteiger partial charge in [0.2, 0.25) is 0 Å². The third-order valence-corrected chi connectivity index (χ3v) is 3.52. The highest BCUT2D eigenvalue weighted by atomic mass is 79.9. The zero-order valence-corrected chi connectivity index (χ0v) is 11.7. The Kier molecular flexibility index (Phi) is 2.97. The van der Waals surface area contributed by atoms with Crippen LogP contribution in [0.5, 0.6) is 0 Å². The summed E-state index contributed by atoms with van der Waals surface area (Å²) in [5.41, 5.74) is 3.02. The lowest BCUT2D eigenvalue weighted by Crippen LogP contribution is -2.01. The monoisotopic (exact) mass is 320 g/mol. The summed E-state index contributed by atoms with van der Waals surface area (Å²) >= 11 is 8.79. The molecule has 2 heterocycles. The Morgan fingerprint density at radius 2 is 2.22 bits per heavy atom. The molecule has 0 fully saturated rings. The van der Waals surface area contributed by atoms with E-state index in [1.807, 2.05) is 28.8 Å². The van der Waals surface area contributed by atoms with Crippen molar-refractivity contribution in [1.29, 1.82) is 0 Å². The second-order valence-corrected chi connectivity index (χ2v) is 5.18. The van der Waals surface area contributed by atoms with E-state index >= 15 is 0 Å². The smallest absolute Gasteiger partial charge is 0.178 e. The van der Waals surface area contributed by atoms with Crippen LogP contribution in [0.25, 0.3) is 11.0 Å². The fourth-order valence-corrected chi connectivity index (χ4v) is 2.50. The van der Waals surface area contributed by atoms with E-state index in [1.165, 1.54) is 0 Å². The van der Waals surface area contributed by atoms with E-state index < -0.39 is 0 Å². The molecule has 0 saturated heterocycles. The van der Waals surface area contributed by atoms with Crippen LogP contribution >= 0.6 is 28.1 Å². The van der Waals surface area contributed by atoms with Crippen LogP contribution in [0.1, 0.15) is 5.69 Å². The van der Waals surface area contributed by atoms with E-state index in [0.29, 0.717) is 11.3 Å². The molecule has 3 aromatic rings. The predicted molar refractivity (Wildman–Crippen MR) is 76.0 cm³/mol. The molecule has 0 atom stereocenters. The summed E-state index contributed by atoms with van der Waals surface area (Å²) in [4.78, 5) is 11.3. The third-order valence-electron chi connectivity index (χ3n) is 2.70. The van der Waals surface area contributed by atoms with Crippen molar-refractivity contribution in [2.45, 2.75) is 6.54 Å². The van der Waals surface area contributed by atoms with Gasteiger partial charge < -0.3 is 9.55 Å². The number of imidazole rings is 1. The first-order chi connectivity index (χ1) is 8.74. The highest BCUT2D eigenvalue weighted by Gasteiger charge is 2.05. The zero-order valence-electron chi connectivity index (χ0n) is 9.30. The SMILES string of the molecule is S=c1[nH]c2cc(Br)ccc2n1Cc1ccncn1. The van der Waals surface area contributed by atoms with Gasteiger partial charge in [0.1, 0.15) is 6.33 Å². The van der Waals surface area contributed by atoms with E-state index in [9.17, 15) is 0 Å². The van der Waals surface area contributed by atoms with Crippen molar-refractivity contribution in [2.75, 3.05) is 0 Å². The van der Waals surface area contributed by atoms with Crippen molar-refractivity contribution in [3.05, 3.63) is 51.7 Å². The van der Waals surface area contributed by atoms with E-state index in [0.717, 1.165) is 21.2 Å². The van der Waals surface area contributed by atoms with Gasteiger partial charge in [-0.15, -0.1) is 0 Å². The summed E-state index contributed by atoms with van der Waals surface area (Å²) in [6.07, 6.45) is 3.28. The molecule has 4 nitrogen and oxygen atoms in total. The fraction of sp³-hybridized carbons (Fsp3) is 0.0833. The molecule has 6 heteroatoms. The lowest BCUT2D eigenvalue weighted by molar-refractivity contribution is 0.780. The Balaban J connectivity index is 2.12. The maximum Gasteiger partial charge on any atom is 0.178 e. The average molecular weight is 321 g/mol. The molecule has 18 heavy (non-hydrogen) atoms. The number of nitrogens with zero attached hydrogens (tertiary/aromatic N) is 3. The van der Waals surface area contributed by atoms with Crippen molar-refractivity contribution < 1.29 is 0 Å². The molecule has 3 rings (SSSR count). The van der Waals surface area contributed by atoms with Crippen molar-refractivity contribution in [2.24, 2.45) is 0 Å². The number of rotatable bonds is 2. The maximum absolute atomic E-state index is 5.34. The first kappa shape index (κ1) is 11.6. The number of fused-ring (bicyclic) bond motifs is 1. The molecule has 0 bridgehead atoms. The molecular formula is C12H9BrN4S. The molecule has 0 aliphatic heterocycles. The summed E-state index contributed by atoms with van der Waals surface area (Å²) in [5.74, 6) is 0. The maximum atomic E-state index is 5.34. The number of hydrogen-bond donors (Lipinski definition) is 1. The minimum atomic E-state index is 0.642. The van der Waals surface area contributed by atoms with Gasteiger partial charge in [-0.05, 0) is 36.5 Å². The Morgan fingerprint density at radius 1 is 1.33 bits per heavy atom. The van der Waals surface area contributed by atoms with Crippen molar-refractivity contribution in [3.8, 4) is 0 Å². The number of halogens is 1. The van der Waals surface area contributed by atoms with E-state index in [2.05, 4.69) is 30.9 Å². The summed E-state index contributed by atoms with van der Waals surface area (Å²) in [6, 6.07) is 7.94. The second-order valence-electron chi connectivity index (χ2n) is 3.88. The van der Waals surface area contributed by atoms with E-state index in [4.69, 9.17) is 12.2 Å². The summed E-state index contributed by atoms with van der Waals surface area (Å²) in [6.45, 7) is 0.642. The van der Waals surface area contributed by atoms with Crippen LogP contribution in [-0.4, -0.2) is 19.5 Å². The molecule has 0 aliphatic carbocycles. The molecule has 0 saturated carbocycles. The van der Waals surface area contributed by atoms with Gasteiger partial charge in [0.05, 0.1) is 23.3 Å². The molecule has 0 radical (unpaired) electrons. The lowest BCUT2D eigenvalue weighted by Gasteiger charge is -2.03. The number of benzene rings is 1. The Labute approximate surface area is 117 Å². The molecule has 0 spiro atoms. The summed E-state index contributed by atoms with van der Waals surface area (Å²) < 4.78 is 3.75. The first-order valence-corrected chi connectivity index (χ1v) is 6.57. The summed E-state index contributed by atoms with van der Waals surface area (Å²) in [7, 11) is 0. The van der Waals surface area contributed by atoms with Gasteiger partial charge in [0.15, 0.2) is 4.77 Å². The number of H-pyrrole nitrogens is 1. The highest BCUT2D eigenvalue weighted by molar-refractivity contribution is 9.10. The van der Waals surface area contributed by atoms with Gasteiger partial charge in [-0.1, -0.05) is 15.9 Å². The predicted octanol–water partition coefficient (Wildman–Crippen LogP) is 3.30. The minimum absolute atomic E-state index is 0.642. The van der Waals surface area contributed by atoms with Gasteiger partial charge in [-0.3, -0.25) is 0 Å². The average Bonchev–Trinajstić information content (AvgIpc) is 2.66. The van der Waals surface area contributed by atoms with Crippen LogP contribution in [0, 0.1) is 4.77 Å². The largest absolute Gasteiger partial charge is 0.331 e. The van der Waals surface area contributed by atoms with Crippen molar-refractivity contribution in [1.82, 2.24) is 19.5 Å². The molecule has 0 aliphatic rings. The van der Waals surface area contributed by atoms with E-state index in [-0.39, 0.29) is 0 Å². The van der Waals surface area contributed by atoms with Crippen LogP contribution in [-0.2, 0) is 6.54 Å². The van der Waals surface area contributed by atoms with Crippen molar-refractivity contribution >= 4 is 39.2 Å². The molecular weight excluding hydrogens is 312 g/mol. The van der Waals surface area contributed by atoms with Crippen LogP contribution in [0.4, 0.5) is 0 Å². The third kappa shape index (κ3) is 2.09. The first-order valence-electron chi connectivity index (χ1n) is 5.37. The van der Waals surface area contributed by atoms with Gasteiger partial charge in [-0.2, -0.15) is 0 Å². The fourth-order valence-electron chi connectivity index (χ4n) is 1.87. The standard InChI is InChI=1S/C12H9BrN4S/c13-8-1-2-11-10(5-8)16-12(18)17(11)6-9-3-4-14-7-15-9/h1-5,7H,6H2,(H,16,18). The number of hydrogen-bond acceptors (Lipinski definition) is 3. The molecule has 1 aromatic carbocycles. The molecule has 90 valence electrons. The second kappa shape index (κ2) is 4.62. The normalized spacial score (nSPS) is 10.9. The highest BCUT2D eigenvalue weighted by Crippen LogP contribution is 2.20. The summed E-state index contributed by atoms with van der Waals surface area (Å²) in [5, 5.41) is 0. The molecule has 0 amide bonds. The Morgan fingerprint density at radius 3 is 3.00 bits per heavy atom. The van der Waals surface area contributed by atoms with E-state index in [1.54, 1.807) is 12.5 Å². The number of aromatic nitrogens is 4.